The second-order valence-corrected chi connectivity index (χ2v) is 7.04. The number of benzene rings is 1. The summed E-state index contributed by atoms with van der Waals surface area (Å²) in [5.74, 6) is 1.85. The van der Waals surface area contributed by atoms with Gasteiger partial charge in [-0.05, 0) is 61.3 Å². The van der Waals surface area contributed by atoms with Crippen molar-refractivity contribution in [1.29, 1.82) is 0 Å². The van der Waals surface area contributed by atoms with Gasteiger partial charge < -0.3 is 5.32 Å². The van der Waals surface area contributed by atoms with Crippen LogP contribution >= 0.6 is 11.6 Å². The van der Waals surface area contributed by atoms with Crippen LogP contribution in [0.15, 0.2) is 18.2 Å². The average Bonchev–Trinajstić information content (AvgIpc) is 2.46. The molecule has 0 spiro atoms. The van der Waals surface area contributed by atoms with Crippen LogP contribution in [0.4, 0.5) is 4.39 Å². The van der Waals surface area contributed by atoms with Gasteiger partial charge in [0.25, 0.3) is 0 Å². The highest BCUT2D eigenvalue weighted by molar-refractivity contribution is 6.30. The standard InChI is InChI=1S/C18H27ClFN/c1-4-9-21-18(14-6-5-12(2)13(3)10-14)15-7-8-17(20)16(19)11-15/h7-8,11-14,18,21H,4-6,9-10H2,1-3H3. The van der Waals surface area contributed by atoms with Crippen LogP contribution in [0.3, 0.4) is 0 Å². The fourth-order valence-corrected chi connectivity index (χ4v) is 3.64. The van der Waals surface area contributed by atoms with Crippen molar-refractivity contribution in [1.82, 2.24) is 5.32 Å². The van der Waals surface area contributed by atoms with Crippen LogP contribution < -0.4 is 5.32 Å². The number of hydrogen-bond acceptors (Lipinski definition) is 1. The molecule has 1 nitrogen and oxygen atoms in total. The second kappa shape index (κ2) is 7.60. The molecule has 1 saturated carbocycles. The van der Waals surface area contributed by atoms with Crippen molar-refractivity contribution in [2.24, 2.45) is 17.8 Å². The number of rotatable bonds is 5. The third-order valence-corrected chi connectivity index (χ3v) is 5.32. The minimum Gasteiger partial charge on any atom is -0.310 e. The summed E-state index contributed by atoms with van der Waals surface area (Å²) >= 11 is 5.98. The van der Waals surface area contributed by atoms with Crippen molar-refractivity contribution in [3.05, 3.63) is 34.6 Å². The van der Waals surface area contributed by atoms with Gasteiger partial charge >= 0.3 is 0 Å². The van der Waals surface area contributed by atoms with Gasteiger partial charge in [-0.2, -0.15) is 0 Å². The van der Waals surface area contributed by atoms with Crippen LogP contribution in [-0.2, 0) is 0 Å². The van der Waals surface area contributed by atoms with E-state index in [1.165, 1.54) is 25.3 Å². The Morgan fingerprint density at radius 3 is 2.67 bits per heavy atom. The minimum absolute atomic E-state index is 0.230. The van der Waals surface area contributed by atoms with E-state index in [1.807, 2.05) is 6.07 Å². The molecule has 1 aromatic carbocycles. The first-order valence-electron chi connectivity index (χ1n) is 8.21. The monoisotopic (exact) mass is 311 g/mol. The van der Waals surface area contributed by atoms with E-state index in [2.05, 4.69) is 26.1 Å². The van der Waals surface area contributed by atoms with Crippen LogP contribution in [-0.4, -0.2) is 6.54 Å². The second-order valence-electron chi connectivity index (χ2n) is 6.63. The number of hydrogen-bond donors (Lipinski definition) is 1. The van der Waals surface area contributed by atoms with Crippen LogP contribution in [0.2, 0.25) is 5.02 Å². The first kappa shape index (κ1) is 16.8. The van der Waals surface area contributed by atoms with E-state index < -0.39 is 0 Å². The van der Waals surface area contributed by atoms with Gasteiger partial charge in [0.15, 0.2) is 0 Å². The van der Waals surface area contributed by atoms with Crippen molar-refractivity contribution >= 4 is 11.6 Å². The molecule has 0 aliphatic heterocycles. The van der Waals surface area contributed by atoms with Crippen LogP contribution in [0.1, 0.15) is 58.1 Å². The lowest BCUT2D eigenvalue weighted by molar-refractivity contribution is 0.171. The number of halogens is 2. The van der Waals surface area contributed by atoms with E-state index >= 15 is 0 Å². The van der Waals surface area contributed by atoms with Gasteiger partial charge in [0, 0.05) is 6.04 Å². The first-order chi connectivity index (χ1) is 10.0. The molecule has 0 amide bonds. The zero-order valence-corrected chi connectivity index (χ0v) is 14.1. The Balaban J connectivity index is 2.19. The molecule has 2 rings (SSSR count). The molecule has 0 heterocycles. The zero-order chi connectivity index (χ0) is 15.4. The molecule has 1 fully saturated rings. The highest BCUT2D eigenvalue weighted by Crippen LogP contribution is 2.40. The van der Waals surface area contributed by atoms with Gasteiger partial charge in [0.05, 0.1) is 5.02 Å². The Kier molecular flexibility index (Phi) is 6.07. The Morgan fingerprint density at radius 1 is 1.29 bits per heavy atom. The molecule has 0 aromatic heterocycles. The lowest BCUT2D eigenvalue weighted by Crippen LogP contribution is -2.33. The SMILES string of the molecule is CCCNC(c1ccc(F)c(Cl)c1)C1CCC(C)C(C)C1. The van der Waals surface area contributed by atoms with Crippen molar-refractivity contribution in [2.75, 3.05) is 6.54 Å². The molecule has 1 N–H and O–H groups in total. The summed E-state index contributed by atoms with van der Waals surface area (Å²) in [4.78, 5) is 0. The maximum atomic E-state index is 13.4. The fraction of sp³-hybridized carbons (Fsp3) is 0.667. The third-order valence-electron chi connectivity index (χ3n) is 5.03. The zero-order valence-electron chi connectivity index (χ0n) is 13.3. The topological polar surface area (TPSA) is 12.0 Å². The summed E-state index contributed by atoms with van der Waals surface area (Å²) in [6, 6.07) is 5.47. The molecule has 118 valence electrons. The molecule has 1 aliphatic rings. The molecule has 0 bridgehead atoms. The molecule has 21 heavy (non-hydrogen) atoms. The van der Waals surface area contributed by atoms with Gasteiger partial charge in [-0.25, -0.2) is 4.39 Å². The van der Waals surface area contributed by atoms with Gasteiger partial charge in [-0.1, -0.05) is 44.9 Å². The van der Waals surface area contributed by atoms with E-state index in [4.69, 9.17) is 11.6 Å². The average molecular weight is 312 g/mol. The summed E-state index contributed by atoms with van der Waals surface area (Å²) in [5, 5.41) is 3.89. The molecule has 3 heteroatoms. The predicted octanol–water partition coefficient (Wildman–Crippen LogP) is 5.59. The Bertz CT molecular complexity index is 463. The van der Waals surface area contributed by atoms with E-state index in [0.29, 0.717) is 5.92 Å². The largest absolute Gasteiger partial charge is 0.310 e. The van der Waals surface area contributed by atoms with Crippen molar-refractivity contribution in [2.45, 2.75) is 52.5 Å². The lowest BCUT2D eigenvalue weighted by Gasteiger charge is -2.37. The van der Waals surface area contributed by atoms with E-state index in [0.717, 1.165) is 30.4 Å². The molecule has 0 saturated heterocycles. The lowest BCUT2D eigenvalue weighted by atomic mass is 9.72. The smallest absolute Gasteiger partial charge is 0.141 e. The quantitative estimate of drug-likeness (QED) is 0.747. The summed E-state index contributed by atoms with van der Waals surface area (Å²) in [6.45, 7) is 7.86. The molecular formula is C18H27ClFN. The van der Waals surface area contributed by atoms with Gasteiger partial charge in [-0.15, -0.1) is 0 Å². The minimum atomic E-state index is -0.333. The molecule has 4 atom stereocenters. The summed E-state index contributed by atoms with van der Waals surface area (Å²) in [5.41, 5.74) is 1.13. The summed E-state index contributed by atoms with van der Waals surface area (Å²) in [6.07, 6.45) is 4.86. The van der Waals surface area contributed by atoms with Crippen LogP contribution in [0, 0.1) is 23.6 Å². The van der Waals surface area contributed by atoms with Gasteiger partial charge in [0.1, 0.15) is 5.82 Å². The highest BCUT2D eigenvalue weighted by Gasteiger charge is 2.30. The van der Waals surface area contributed by atoms with Crippen molar-refractivity contribution in [3.8, 4) is 0 Å². The molecular weight excluding hydrogens is 285 g/mol. The fourth-order valence-electron chi connectivity index (χ4n) is 3.45. The number of nitrogens with one attached hydrogen (secondary N) is 1. The van der Waals surface area contributed by atoms with Crippen LogP contribution in [0.5, 0.6) is 0 Å². The van der Waals surface area contributed by atoms with E-state index in [-0.39, 0.29) is 16.9 Å². The third kappa shape index (κ3) is 4.20. The maximum Gasteiger partial charge on any atom is 0.141 e. The molecule has 4 unspecified atom stereocenters. The Hall–Kier alpha value is -0.600. The summed E-state index contributed by atoms with van der Waals surface area (Å²) in [7, 11) is 0. The van der Waals surface area contributed by atoms with Gasteiger partial charge in [-0.3, -0.25) is 0 Å². The van der Waals surface area contributed by atoms with E-state index in [1.54, 1.807) is 6.07 Å². The molecule has 1 aromatic rings. The van der Waals surface area contributed by atoms with Crippen LogP contribution in [0.25, 0.3) is 0 Å². The molecule has 0 radical (unpaired) electrons. The Labute approximate surface area is 133 Å². The van der Waals surface area contributed by atoms with Gasteiger partial charge in [0.2, 0.25) is 0 Å². The maximum absolute atomic E-state index is 13.4. The van der Waals surface area contributed by atoms with Crippen molar-refractivity contribution < 1.29 is 4.39 Å². The first-order valence-corrected chi connectivity index (χ1v) is 8.59. The Morgan fingerprint density at radius 2 is 2.05 bits per heavy atom. The predicted molar refractivity (Wildman–Crippen MR) is 88.1 cm³/mol. The molecule has 1 aliphatic carbocycles. The summed E-state index contributed by atoms with van der Waals surface area (Å²) < 4.78 is 13.4. The normalized spacial score (nSPS) is 27.6. The van der Waals surface area contributed by atoms with E-state index in [9.17, 15) is 4.39 Å². The van der Waals surface area contributed by atoms with Crippen molar-refractivity contribution in [3.63, 3.8) is 0 Å². The highest BCUT2D eigenvalue weighted by atomic mass is 35.5.